The topological polar surface area (TPSA) is 111 Å². The standard InChI is InChI=1S/C17H18N6O4S/c1-4-26-16(24)12-14-22(20-18-12)10-7-6-9(3)8-11(10)23-15(28-14)13(19-21-23)17(25)27-5-2/h6-8,13,15H,4-5H2,1-3H3/t13-,15-/m1/s1. The quantitative estimate of drug-likeness (QED) is 0.716. The van der Waals surface area contributed by atoms with Crippen molar-refractivity contribution in [3.63, 3.8) is 0 Å². The molecule has 0 radical (unpaired) electrons. The smallest absolute Gasteiger partial charge is 0.361 e. The molecule has 2 aliphatic heterocycles. The predicted octanol–water partition coefficient (Wildman–Crippen LogP) is 2.30. The number of ether oxygens (including phenoxy) is 2. The van der Waals surface area contributed by atoms with Gasteiger partial charge in [0.05, 0.1) is 24.6 Å². The van der Waals surface area contributed by atoms with Crippen LogP contribution in [-0.2, 0) is 14.3 Å². The fraction of sp³-hybridized carbons (Fsp3) is 0.412. The Kier molecular flexibility index (Phi) is 4.75. The Balaban J connectivity index is 1.85. The Bertz CT molecular complexity index is 975. The number of nitrogens with zero attached hydrogens (tertiary/aromatic N) is 6. The summed E-state index contributed by atoms with van der Waals surface area (Å²) in [7, 11) is 0. The van der Waals surface area contributed by atoms with Crippen LogP contribution in [0.15, 0.2) is 33.6 Å². The molecule has 0 aliphatic carbocycles. The second-order valence-corrected chi connectivity index (χ2v) is 7.23. The lowest BCUT2D eigenvalue weighted by Gasteiger charge is -2.22. The van der Waals surface area contributed by atoms with E-state index < -0.39 is 23.4 Å². The van der Waals surface area contributed by atoms with E-state index in [1.54, 1.807) is 23.5 Å². The third-order valence-electron chi connectivity index (χ3n) is 4.25. The first-order valence-corrected chi connectivity index (χ1v) is 9.70. The van der Waals surface area contributed by atoms with Gasteiger partial charge in [-0.25, -0.2) is 19.3 Å². The number of carbonyl (C=O) groups excluding carboxylic acids is 2. The Morgan fingerprint density at radius 1 is 1.18 bits per heavy atom. The lowest BCUT2D eigenvalue weighted by molar-refractivity contribution is -0.144. The van der Waals surface area contributed by atoms with Crippen LogP contribution in [0.1, 0.15) is 29.9 Å². The van der Waals surface area contributed by atoms with Crippen molar-refractivity contribution >= 4 is 29.4 Å². The van der Waals surface area contributed by atoms with Crippen LogP contribution < -0.4 is 5.01 Å². The van der Waals surface area contributed by atoms with E-state index in [1.165, 1.54) is 11.8 Å². The van der Waals surface area contributed by atoms with E-state index in [-0.39, 0.29) is 18.9 Å². The molecule has 1 aromatic carbocycles. The maximum atomic E-state index is 12.4. The number of rotatable bonds is 4. The molecule has 0 fully saturated rings. The highest BCUT2D eigenvalue weighted by atomic mass is 32.2. The third-order valence-corrected chi connectivity index (χ3v) is 5.54. The van der Waals surface area contributed by atoms with Gasteiger partial charge in [0.1, 0.15) is 10.4 Å². The minimum absolute atomic E-state index is 0.0923. The molecule has 2 aliphatic rings. The molecule has 2 aromatic rings. The van der Waals surface area contributed by atoms with E-state index >= 15 is 0 Å². The second kappa shape index (κ2) is 7.23. The predicted molar refractivity (Wildman–Crippen MR) is 99.5 cm³/mol. The summed E-state index contributed by atoms with van der Waals surface area (Å²) >= 11 is 1.24. The van der Waals surface area contributed by atoms with Gasteiger partial charge in [0.15, 0.2) is 0 Å². The molecule has 11 heteroatoms. The lowest BCUT2D eigenvalue weighted by Crippen LogP contribution is -2.37. The van der Waals surface area contributed by atoms with Crippen molar-refractivity contribution in [1.82, 2.24) is 15.0 Å². The molecule has 10 nitrogen and oxygen atoms in total. The molecule has 0 bridgehead atoms. The summed E-state index contributed by atoms with van der Waals surface area (Å²) in [6.07, 6.45) is 0. The summed E-state index contributed by atoms with van der Waals surface area (Å²) in [5.74, 6) is -1.04. The van der Waals surface area contributed by atoms with Gasteiger partial charge in [-0.1, -0.05) is 28.3 Å². The highest BCUT2D eigenvalue weighted by Gasteiger charge is 2.45. The van der Waals surface area contributed by atoms with Crippen LogP contribution in [0.3, 0.4) is 0 Å². The minimum atomic E-state index is -0.838. The first kappa shape index (κ1) is 18.4. The summed E-state index contributed by atoms with van der Waals surface area (Å²) in [5.41, 5.74) is 2.50. The van der Waals surface area contributed by atoms with E-state index in [4.69, 9.17) is 9.47 Å². The maximum absolute atomic E-state index is 12.4. The van der Waals surface area contributed by atoms with Crippen molar-refractivity contribution in [3.8, 4) is 5.69 Å². The fourth-order valence-electron chi connectivity index (χ4n) is 3.02. The third kappa shape index (κ3) is 2.91. The maximum Gasteiger partial charge on any atom is 0.361 e. The van der Waals surface area contributed by atoms with Crippen LogP contribution in [-0.4, -0.2) is 51.6 Å². The molecule has 28 heavy (non-hydrogen) atoms. The number of fused-ring (bicyclic) bond motifs is 5. The van der Waals surface area contributed by atoms with Gasteiger partial charge in [0, 0.05) is 0 Å². The first-order chi connectivity index (χ1) is 13.5. The molecule has 0 spiro atoms. The highest BCUT2D eigenvalue weighted by Crippen LogP contribution is 2.44. The van der Waals surface area contributed by atoms with E-state index in [2.05, 4.69) is 20.6 Å². The van der Waals surface area contributed by atoms with Crippen molar-refractivity contribution < 1.29 is 19.1 Å². The van der Waals surface area contributed by atoms with Gasteiger partial charge in [0.2, 0.25) is 11.7 Å². The number of hydrogen-bond acceptors (Lipinski definition) is 10. The summed E-state index contributed by atoms with van der Waals surface area (Å²) in [4.78, 5) is 24.8. The largest absolute Gasteiger partial charge is 0.464 e. The number of benzene rings is 1. The van der Waals surface area contributed by atoms with Gasteiger partial charge < -0.3 is 9.47 Å². The van der Waals surface area contributed by atoms with Crippen molar-refractivity contribution in [1.29, 1.82) is 0 Å². The lowest BCUT2D eigenvalue weighted by atomic mass is 10.1. The number of carbonyl (C=O) groups is 2. The van der Waals surface area contributed by atoms with Gasteiger partial charge in [-0.2, -0.15) is 5.11 Å². The molecular weight excluding hydrogens is 384 g/mol. The molecule has 1 aromatic heterocycles. The fourth-order valence-corrected chi connectivity index (χ4v) is 4.27. The number of esters is 2. The van der Waals surface area contributed by atoms with E-state index in [0.717, 1.165) is 5.56 Å². The zero-order valence-electron chi connectivity index (χ0n) is 15.5. The summed E-state index contributed by atoms with van der Waals surface area (Å²) in [6, 6.07) is 4.88. The molecule has 3 heterocycles. The van der Waals surface area contributed by atoms with Gasteiger partial charge in [0.25, 0.3) is 0 Å². The van der Waals surface area contributed by atoms with Crippen molar-refractivity contribution in [2.75, 3.05) is 18.2 Å². The number of aryl methyl sites for hydroxylation is 1. The monoisotopic (exact) mass is 402 g/mol. The zero-order valence-corrected chi connectivity index (χ0v) is 16.3. The number of thioether (sulfide) groups is 1. The Hall–Kier alpha value is -2.95. The SMILES string of the molecule is CCOC(=O)c1nnn2c1S[C@@H]1[C@H](C(=O)OCC)N=NN1c1cc(C)ccc1-2. The average molecular weight is 402 g/mol. The Labute approximate surface area is 164 Å². The number of aromatic nitrogens is 3. The van der Waals surface area contributed by atoms with E-state index in [9.17, 15) is 9.59 Å². The molecule has 146 valence electrons. The molecule has 0 amide bonds. The van der Waals surface area contributed by atoms with Crippen LogP contribution in [0.4, 0.5) is 5.69 Å². The summed E-state index contributed by atoms with van der Waals surface area (Å²) < 4.78 is 11.8. The summed E-state index contributed by atoms with van der Waals surface area (Å²) in [6.45, 7) is 5.87. The molecule has 2 atom stereocenters. The molecule has 0 saturated carbocycles. The first-order valence-electron chi connectivity index (χ1n) is 8.82. The normalized spacial score (nSPS) is 19.5. The van der Waals surface area contributed by atoms with E-state index in [0.29, 0.717) is 16.4 Å². The van der Waals surface area contributed by atoms with Crippen LogP contribution in [0.25, 0.3) is 5.69 Å². The van der Waals surface area contributed by atoms with Gasteiger partial charge in [-0.05, 0) is 38.5 Å². The van der Waals surface area contributed by atoms with Crippen molar-refractivity contribution in [2.24, 2.45) is 10.3 Å². The van der Waals surface area contributed by atoms with Gasteiger partial charge in [-0.3, -0.25) is 0 Å². The molecule has 0 unspecified atom stereocenters. The van der Waals surface area contributed by atoms with Crippen molar-refractivity contribution in [3.05, 3.63) is 29.5 Å². The summed E-state index contributed by atoms with van der Waals surface area (Å²) in [5, 5.41) is 18.1. The van der Waals surface area contributed by atoms with Crippen LogP contribution in [0, 0.1) is 6.92 Å². The zero-order chi connectivity index (χ0) is 19.8. The molecule has 0 saturated heterocycles. The van der Waals surface area contributed by atoms with Crippen LogP contribution >= 0.6 is 11.8 Å². The Morgan fingerprint density at radius 3 is 2.71 bits per heavy atom. The van der Waals surface area contributed by atoms with Gasteiger partial charge >= 0.3 is 11.9 Å². The molecular formula is C17H18N6O4S. The average Bonchev–Trinajstić information content (AvgIpc) is 3.24. The van der Waals surface area contributed by atoms with Gasteiger partial charge in [-0.15, -0.1) is 5.10 Å². The minimum Gasteiger partial charge on any atom is -0.464 e. The second-order valence-electron chi connectivity index (χ2n) is 6.12. The highest BCUT2D eigenvalue weighted by molar-refractivity contribution is 8.00. The number of anilines is 1. The Morgan fingerprint density at radius 2 is 1.96 bits per heavy atom. The molecule has 4 rings (SSSR count). The van der Waals surface area contributed by atoms with E-state index in [1.807, 2.05) is 25.1 Å². The van der Waals surface area contributed by atoms with Crippen LogP contribution in [0.2, 0.25) is 0 Å². The number of hydrogen-bond donors (Lipinski definition) is 0. The van der Waals surface area contributed by atoms with Crippen molar-refractivity contribution in [2.45, 2.75) is 37.2 Å². The molecule has 0 N–H and O–H groups in total. The van der Waals surface area contributed by atoms with Crippen LogP contribution in [0.5, 0.6) is 0 Å².